The van der Waals surface area contributed by atoms with Crippen LogP contribution in [-0.2, 0) is 9.59 Å². The molecule has 0 saturated carbocycles. The highest BCUT2D eigenvalue weighted by Gasteiger charge is 2.45. The SMILES string of the molecule is CC(C)(CO)C(O)C(=O)NC1CC(C)(C)N(C=O)C(C)(C)C1. The van der Waals surface area contributed by atoms with E-state index in [2.05, 4.69) is 5.32 Å². The van der Waals surface area contributed by atoms with Crippen LogP contribution >= 0.6 is 0 Å². The Balaban J connectivity index is 2.84. The van der Waals surface area contributed by atoms with Gasteiger partial charge in [-0.05, 0) is 40.5 Å². The zero-order valence-corrected chi connectivity index (χ0v) is 14.5. The maximum absolute atomic E-state index is 12.2. The first-order chi connectivity index (χ1) is 9.87. The number of rotatable bonds is 5. The monoisotopic (exact) mass is 314 g/mol. The van der Waals surface area contributed by atoms with Gasteiger partial charge in [0.15, 0.2) is 0 Å². The molecule has 0 radical (unpaired) electrons. The molecule has 0 spiro atoms. The van der Waals surface area contributed by atoms with Gasteiger partial charge in [-0.2, -0.15) is 0 Å². The Bertz CT molecular complexity index is 414. The minimum atomic E-state index is -1.27. The fourth-order valence-corrected chi connectivity index (χ4v) is 3.40. The van der Waals surface area contributed by atoms with Gasteiger partial charge < -0.3 is 20.4 Å². The molecule has 128 valence electrons. The summed E-state index contributed by atoms with van der Waals surface area (Å²) < 4.78 is 0. The Labute approximate surface area is 132 Å². The Morgan fingerprint density at radius 3 is 2.14 bits per heavy atom. The van der Waals surface area contributed by atoms with Crippen molar-refractivity contribution >= 4 is 12.3 Å². The van der Waals surface area contributed by atoms with E-state index in [-0.39, 0.29) is 23.7 Å². The van der Waals surface area contributed by atoms with E-state index in [0.29, 0.717) is 12.8 Å². The van der Waals surface area contributed by atoms with E-state index >= 15 is 0 Å². The molecule has 0 bridgehead atoms. The lowest BCUT2D eigenvalue weighted by Crippen LogP contribution is -2.64. The quantitative estimate of drug-likeness (QED) is 0.650. The van der Waals surface area contributed by atoms with E-state index in [0.717, 1.165) is 6.41 Å². The number of aliphatic hydroxyl groups excluding tert-OH is 2. The third-order valence-electron chi connectivity index (χ3n) is 4.64. The normalized spacial score (nSPS) is 23.0. The summed E-state index contributed by atoms with van der Waals surface area (Å²) in [6.45, 7) is 10.9. The summed E-state index contributed by atoms with van der Waals surface area (Å²) in [7, 11) is 0. The molecule has 1 saturated heterocycles. The molecular weight excluding hydrogens is 284 g/mol. The number of nitrogens with zero attached hydrogens (tertiary/aromatic N) is 1. The fraction of sp³-hybridized carbons (Fsp3) is 0.875. The third kappa shape index (κ3) is 3.79. The number of piperidine rings is 1. The van der Waals surface area contributed by atoms with E-state index in [1.165, 1.54) is 0 Å². The van der Waals surface area contributed by atoms with E-state index in [9.17, 15) is 19.8 Å². The van der Waals surface area contributed by atoms with Crippen molar-refractivity contribution in [1.82, 2.24) is 10.2 Å². The van der Waals surface area contributed by atoms with E-state index in [1.807, 2.05) is 27.7 Å². The van der Waals surface area contributed by atoms with Crippen molar-refractivity contribution in [2.24, 2.45) is 5.41 Å². The van der Waals surface area contributed by atoms with Crippen molar-refractivity contribution in [3.8, 4) is 0 Å². The van der Waals surface area contributed by atoms with Crippen molar-refractivity contribution in [2.45, 2.75) is 77.6 Å². The highest BCUT2D eigenvalue weighted by Crippen LogP contribution is 2.37. The van der Waals surface area contributed by atoms with Crippen LogP contribution in [0.3, 0.4) is 0 Å². The summed E-state index contributed by atoms with van der Waals surface area (Å²) in [5.74, 6) is -0.477. The highest BCUT2D eigenvalue weighted by molar-refractivity contribution is 5.81. The first-order valence-electron chi connectivity index (χ1n) is 7.71. The van der Waals surface area contributed by atoms with Crippen molar-refractivity contribution in [3.63, 3.8) is 0 Å². The molecule has 1 aliphatic rings. The van der Waals surface area contributed by atoms with Gasteiger partial charge in [0.1, 0.15) is 6.10 Å². The molecule has 0 aromatic rings. The summed E-state index contributed by atoms with van der Waals surface area (Å²) in [5.41, 5.74) is -1.64. The average molecular weight is 314 g/mol. The number of hydrogen-bond donors (Lipinski definition) is 3. The highest BCUT2D eigenvalue weighted by atomic mass is 16.3. The van der Waals surface area contributed by atoms with E-state index in [4.69, 9.17) is 0 Å². The smallest absolute Gasteiger partial charge is 0.249 e. The molecule has 1 aliphatic heterocycles. The number of amides is 2. The van der Waals surface area contributed by atoms with Gasteiger partial charge in [-0.25, -0.2) is 0 Å². The van der Waals surface area contributed by atoms with Crippen LogP contribution in [0.4, 0.5) is 0 Å². The molecule has 3 N–H and O–H groups in total. The molecule has 6 heteroatoms. The molecule has 2 amide bonds. The minimum absolute atomic E-state index is 0.127. The number of carbonyl (C=O) groups is 2. The summed E-state index contributed by atoms with van der Waals surface area (Å²) in [6.07, 6.45) is 0.829. The van der Waals surface area contributed by atoms with Gasteiger partial charge in [0, 0.05) is 22.5 Å². The van der Waals surface area contributed by atoms with Crippen LogP contribution in [0.15, 0.2) is 0 Å². The zero-order chi connectivity index (χ0) is 17.3. The molecule has 0 aliphatic carbocycles. The molecule has 1 heterocycles. The number of nitrogens with one attached hydrogen (secondary N) is 1. The fourth-order valence-electron chi connectivity index (χ4n) is 3.40. The number of aliphatic hydroxyl groups is 2. The topological polar surface area (TPSA) is 89.9 Å². The van der Waals surface area contributed by atoms with Gasteiger partial charge in [-0.3, -0.25) is 9.59 Å². The molecule has 22 heavy (non-hydrogen) atoms. The molecule has 0 aromatic carbocycles. The van der Waals surface area contributed by atoms with Gasteiger partial charge in [0.05, 0.1) is 6.61 Å². The van der Waals surface area contributed by atoms with E-state index in [1.54, 1.807) is 18.7 Å². The second-order valence-corrected chi connectivity index (χ2v) is 8.26. The summed E-state index contributed by atoms with van der Waals surface area (Å²) in [6, 6.07) is -0.127. The van der Waals surface area contributed by atoms with Crippen LogP contribution in [-0.4, -0.2) is 57.3 Å². The molecule has 6 nitrogen and oxygen atoms in total. The predicted molar refractivity (Wildman–Crippen MR) is 84.1 cm³/mol. The number of likely N-dealkylation sites (tertiary alicyclic amines) is 1. The first-order valence-corrected chi connectivity index (χ1v) is 7.71. The van der Waals surface area contributed by atoms with Gasteiger partial charge in [0.25, 0.3) is 0 Å². The van der Waals surface area contributed by atoms with Crippen molar-refractivity contribution in [3.05, 3.63) is 0 Å². The number of hydrogen-bond acceptors (Lipinski definition) is 4. The van der Waals surface area contributed by atoms with Crippen molar-refractivity contribution in [1.29, 1.82) is 0 Å². The Morgan fingerprint density at radius 1 is 1.32 bits per heavy atom. The zero-order valence-electron chi connectivity index (χ0n) is 14.5. The summed E-state index contributed by atoms with van der Waals surface area (Å²) in [4.78, 5) is 25.4. The largest absolute Gasteiger partial charge is 0.396 e. The van der Waals surface area contributed by atoms with Gasteiger partial charge >= 0.3 is 0 Å². The number of carbonyl (C=O) groups excluding carboxylic acids is 2. The summed E-state index contributed by atoms with van der Waals surface area (Å²) in [5, 5.41) is 22.2. The third-order valence-corrected chi connectivity index (χ3v) is 4.64. The van der Waals surface area contributed by atoms with Gasteiger partial charge in [-0.15, -0.1) is 0 Å². The molecular formula is C16H30N2O4. The lowest BCUT2D eigenvalue weighted by Gasteiger charge is -2.53. The second kappa shape index (κ2) is 6.16. The van der Waals surface area contributed by atoms with Crippen molar-refractivity contribution < 1.29 is 19.8 Å². The Kier molecular flexibility index (Phi) is 5.30. The van der Waals surface area contributed by atoms with Gasteiger partial charge in [-0.1, -0.05) is 13.8 Å². The maximum atomic E-state index is 12.2. The molecule has 0 aromatic heterocycles. The summed E-state index contributed by atoms with van der Waals surface area (Å²) >= 11 is 0. The van der Waals surface area contributed by atoms with Crippen LogP contribution in [0, 0.1) is 5.41 Å². The van der Waals surface area contributed by atoms with Gasteiger partial charge in [0.2, 0.25) is 12.3 Å². The van der Waals surface area contributed by atoms with Crippen molar-refractivity contribution in [2.75, 3.05) is 6.61 Å². The van der Waals surface area contributed by atoms with Crippen LogP contribution < -0.4 is 5.32 Å². The minimum Gasteiger partial charge on any atom is -0.396 e. The van der Waals surface area contributed by atoms with Crippen LogP contribution in [0.5, 0.6) is 0 Å². The first kappa shape index (κ1) is 18.9. The van der Waals surface area contributed by atoms with Crippen LogP contribution in [0.1, 0.15) is 54.4 Å². The maximum Gasteiger partial charge on any atom is 0.249 e. The lowest BCUT2D eigenvalue weighted by atomic mass is 9.77. The standard InChI is InChI=1S/C16H30N2O4/c1-14(2,9-19)12(21)13(22)17-11-7-15(3,4)18(10-20)16(5,6)8-11/h10-12,19,21H,7-9H2,1-6H3,(H,17,22). The van der Waals surface area contributed by atoms with Crippen LogP contribution in [0.2, 0.25) is 0 Å². The lowest BCUT2D eigenvalue weighted by molar-refractivity contribution is -0.141. The molecule has 1 fully saturated rings. The molecule has 1 atom stereocenters. The Morgan fingerprint density at radius 2 is 1.77 bits per heavy atom. The average Bonchev–Trinajstić information content (AvgIpc) is 2.35. The van der Waals surface area contributed by atoms with E-state index < -0.39 is 17.4 Å². The van der Waals surface area contributed by atoms with Crippen LogP contribution in [0.25, 0.3) is 0 Å². The molecule has 1 unspecified atom stereocenters. The molecule has 1 rings (SSSR count). The second-order valence-electron chi connectivity index (χ2n) is 8.26. The Hall–Kier alpha value is -1.14. The predicted octanol–water partition coefficient (Wildman–Crippen LogP) is 0.660.